The number of hydrogen-bond donors (Lipinski definition) is 3. The Morgan fingerprint density at radius 1 is 0.703 bits per heavy atom. The molecular formula is C33H37NO3. The van der Waals surface area contributed by atoms with Gasteiger partial charge in [-0.3, -0.25) is 0 Å². The van der Waals surface area contributed by atoms with Crippen LogP contribution in [0.25, 0.3) is 0 Å². The van der Waals surface area contributed by atoms with E-state index in [0.29, 0.717) is 36.1 Å². The van der Waals surface area contributed by atoms with Crippen LogP contribution in [0.2, 0.25) is 0 Å². The molecule has 192 valence electrons. The maximum Gasteiger partial charge on any atom is 0.142 e. The fraction of sp³-hybridized carbons (Fsp3) is 0.273. The van der Waals surface area contributed by atoms with Gasteiger partial charge in [0.25, 0.3) is 0 Å². The van der Waals surface area contributed by atoms with Crippen molar-refractivity contribution < 1.29 is 14.9 Å². The van der Waals surface area contributed by atoms with E-state index in [1.165, 1.54) is 11.1 Å². The van der Waals surface area contributed by atoms with Gasteiger partial charge in [0.15, 0.2) is 0 Å². The van der Waals surface area contributed by atoms with Gasteiger partial charge in [0, 0.05) is 0 Å². The summed E-state index contributed by atoms with van der Waals surface area (Å²) < 4.78 is 5.88. The largest absolute Gasteiger partial charge is 0.508 e. The highest BCUT2D eigenvalue weighted by Gasteiger charge is 2.14. The van der Waals surface area contributed by atoms with Crippen LogP contribution in [0.3, 0.4) is 0 Å². The van der Waals surface area contributed by atoms with Gasteiger partial charge in [0.05, 0.1) is 11.8 Å². The minimum Gasteiger partial charge on any atom is -0.508 e. The maximum absolute atomic E-state index is 10.9. The molecule has 0 aliphatic rings. The molecule has 0 aliphatic carbocycles. The number of nitrogens with two attached hydrogens (primary N) is 1. The van der Waals surface area contributed by atoms with E-state index in [-0.39, 0.29) is 0 Å². The summed E-state index contributed by atoms with van der Waals surface area (Å²) in [7, 11) is 0. The standard InChI is InChI=1S/C33H37NO3/c34-31-23-29(18-21-33(31)37-24-28-10-5-2-6-11-28)32(36)13-7-12-27(22-26-8-3-1-4-9-26)15-14-25-16-19-30(35)20-17-25/h1-6,8-11,16-21,23,27,32,35-36H,7,12-15,22,24,34H2. The minimum absolute atomic E-state index is 0.301. The number of ether oxygens (including phenoxy) is 1. The molecule has 2 unspecified atom stereocenters. The fourth-order valence-corrected chi connectivity index (χ4v) is 4.74. The summed E-state index contributed by atoms with van der Waals surface area (Å²) in [4.78, 5) is 0. The van der Waals surface area contributed by atoms with Gasteiger partial charge in [-0.15, -0.1) is 0 Å². The summed E-state index contributed by atoms with van der Waals surface area (Å²) in [6.07, 6.45) is 5.17. The van der Waals surface area contributed by atoms with Crippen LogP contribution in [-0.2, 0) is 19.4 Å². The number of phenols is 1. The smallest absolute Gasteiger partial charge is 0.142 e. The molecule has 0 fully saturated rings. The summed E-state index contributed by atoms with van der Waals surface area (Å²) in [5.41, 5.74) is 11.3. The molecule has 0 bridgehead atoms. The molecule has 4 rings (SSSR count). The van der Waals surface area contributed by atoms with Crippen molar-refractivity contribution in [2.75, 3.05) is 5.73 Å². The van der Waals surface area contributed by atoms with Crippen LogP contribution in [0.1, 0.15) is 54.0 Å². The third-order valence-corrected chi connectivity index (χ3v) is 6.89. The van der Waals surface area contributed by atoms with Gasteiger partial charge in [-0.05, 0) is 78.1 Å². The Kier molecular flexibility index (Phi) is 9.61. The van der Waals surface area contributed by atoms with Crippen molar-refractivity contribution in [1.29, 1.82) is 0 Å². The van der Waals surface area contributed by atoms with Crippen LogP contribution in [-0.4, -0.2) is 10.2 Å². The van der Waals surface area contributed by atoms with Gasteiger partial charge in [-0.2, -0.15) is 0 Å². The van der Waals surface area contributed by atoms with Gasteiger partial charge in [-0.25, -0.2) is 0 Å². The normalized spacial score (nSPS) is 12.7. The van der Waals surface area contributed by atoms with Gasteiger partial charge in [0.2, 0.25) is 0 Å². The first-order valence-electron chi connectivity index (χ1n) is 13.1. The zero-order valence-corrected chi connectivity index (χ0v) is 21.3. The van der Waals surface area contributed by atoms with Crippen LogP contribution in [0.5, 0.6) is 11.5 Å². The number of benzene rings is 4. The lowest BCUT2D eigenvalue weighted by Gasteiger charge is -2.19. The number of aryl methyl sites for hydroxylation is 1. The number of rotatable bonds is 13. The van der Waals surface area contributed by atoms with Crippen LogP contribution in [0.4, 0.5) is 5.69 Å². The number of nitrogen functional groups attached to an aromatic ring is 1. The first-order chi connectivity index (χ1) is 18.1. The van der Waals surface area contributed by atoms with E-state index in [1.807, 2.05) is 60.7 Å². The average molecular weight is 496 g/mol. The van der Waals surface area contributed by atoms with Gasteiger partial charge < -0.3 is 20.7 Å². The van der Waals surface area contributed by atoms with Crippen molar-refractivity contribution in [1.82, 2.24) is 0 Å². The van der Waals surface area contributed by atoms with E-state index in [4.69, 9.17) is 10.5 Å². The molecule has 0 spiro atoms. The molecule has 0 radical (unpaired) electrons. The summed E-state index contributed by atoms with van der Waals surface area (Å²) in [6, 6.07) is 33.7. The van der Waals surface area contributed by atoms with Crippen molar-refractivity contribution >= 4 is 5.69 Å². The van der Waals surface area contributed by atoms with Gasteiger partial charge in [0.1, 0.15) is 18.1 Å². The van der Waals surface area contributed by atoms with E-state index in [2.05, 4.69) is 30.3 Å². The number of phenolic OH excluding ortho intramolecular Hbond substituents is 1. The van der Waals surface area contributed by atoms with E-state index < -0.39 is 6.10 Å². The molecule has 4 aromatic carbocycles. The average Bonchev–Trinajstić information content (AvgIpc) is 2.93. The lowest BCUT2D eigenvalue weighted by molar-refractivity contribution is 0.160. The Balaban J connectivity index is 1.30. The lowest BCUT2D eigenvalue weighted by Crippen LogP contribution is -2.08. The Morgan fingerprint density at radius 2 is 1.38 bits per heavy atom. The highest BCUT2D eigenvalue weighted by Crippen LogP contribution is 2.30. The maximum atomic E-state index is 10.9. The molecule has 0 aliphatic heterocycles. The summed E-state index contributed by atoms with van der Waals surface area (Å²) in [5.74, 6) is 1.45. The van der Waals surface area contributed by atoms with E-state index in [9.17, 15) is 10.2 Å². The molecule has 4 N–H and O–H groups in total. The molecule has 0 saturated carbocycles. The van der Waals surface area contributed by atoms with Crippen molar-refractivity contribution in [2.45, 2.75) is 51.2 Å². The second-order valence-electron chi connectivity index (χ2n) is 9.78. The number of anilines is 1. The fourth-order valence-electron chi connectivity index (χ4n) is 4.74. The first-order valence-corrected chi connectivity index (χ1v) is 13.1. The van der Waals surface area contributed by atoms with Gasteiger partial charge >= 0.3 is 0 Å². The molecule has 37 heavy (non-hydrogen) atoms. The van der Waals surface area contributed by atoms with E-state index in [1.54, 1.807) is 12.1 Å². The molecule has 4 aromatic rings. The number of aromatic hydroxyl groups is 1. The zero-order valence-electron chi connectivity index (χ0n) is 21.3. The topological polar surface area (TPSA) is 75.7 Å². The SMILES string of the molecule is Nc1cc(C(O)CCCC(CCc2ccc(O)cc2)Cc2ccccc2)ccc1OCc1ccccc1. The summed E-state index contributed by atoms with van der Waals surface area (Å²) in [5, 5.41) is 20.4. The predicted octanol–water partition coefficient (Wildman–Crippen LogP) is 7.25. The molecule has 0 amide bonds. The van der Waals surface area contributed by atoms with Gasteiger partial charge in [-0.1, -0.05) is 91.7 Å². The number of hydrogen-bond acceptors (Lipinski definition) is 4. The lowest BCUT2D eigenvalue weighted by atomic mass is 9.88. The number of aliphatic hydroxyl groups excluding tert-OH is 1. The molecular weight excluding hydrogens is 458 g/mol. The summed E-state index contributed by atoms with van der Waals surface area (Å²) >= 11 is 0. The molecule has 0 heterocycles. The number of aliphatic hydroxyl groups is 1. The Labute approximate surface area is 220 Å². The van der Waals surface area contributed by atoms with Crippen molar-refractivity contribution in [2.24, 2.45) is 5.92 Å². The highest BCUT2D eigenvalue weighted by molar-refractivity contribution is 5.54. The third kappa shape index (κ3) is 8.40. The Morgan fingerprint density at radius 3 is 2.05 bits per heavy atom. The van der Waals surface area contributed by atoms with Crippen LogP contribution >= 0.6 is 0 Å². The van der Waals surface area contributed by atoms with E-state index in [0.717, 1.165) is 43.2 Å². The highest BCUT2D eigenvalue weighted by atomic mass is 16.5. The molecule has 0 aromatic heterocycles. The molecule has 4 nitrogen and oxygen atoms in total. The monoisotopic (exact) mass is 495 g/mol. The van der Waals surface area contributed by atoms with E-state index >= 15 is 0 Å². The quantitative estimate of drug-likeness (QED) is 0.171. The molecule has 4 heteroatoms. The van der Waals surface area contributed by atoms with Crippen molar-refractivity contribution in [3.05, 3.63) is 125 Å². The Bertz CT molecular complexity index is 1210. The minimum atomic E-state index is -0.556. The molecule has 0 saturated heterocycles. The molecule has 2 atom stereocenters. The Hall–Kier alpha value is -3.76. The second-order valence-corrected chi connectivity index (χ2v) is 9.78. The van der Waals surface area contributed by atoms with Crippen molar-refractivity contribution in [3.8, 4) is 11.5 Å². The van der Waals surface area contributed by atoms with Crippen molar-refractivity contribution in [3.63, 3.8) is 0 Å². The first kappa shape index (κ1) is 26.3. The second kappa shape index (κ2) is 13.5. The summed E-state index contributed by atoms with van der Waals surface area (Å²) in [6.45, 7) is 0.458. The van der Waals surface area contributed by atoms with Crippen LogP contribution in [0, 0.1) is 5.92 Å². The zero-order chi connectivity index (χ0) is 25.9. The third-order valence-electron chi connectivity index (χ3n) is 6.89. The van der Waals surface area contributed by atoms with Crippen LogP contribution < -0.4 is 10.5 Å². The predicted molar refractivity (Wildman–Crippen MR) is 151 cm³/mol. The van der Waals surface area contributed by atoms with Crippen LogP contribution in [0.15, 0.2) is 103 Å².